The number of H-pyrrole nitrogens is 2. The number of imidazole rings is 1. The van der Waals surface area contributed by atoms with Gasteiger partial charge >= 0.3 is 5.69 Å². The molecule has 0 unspecified atom stereocenters. The third-order valence-electron chi connectivity index (χ3n) is 5.21. The van der Waals surface area contributed by atoms with Crippen molar-refractivity contribution in [2.75, 3.05) is 18.0 Å². The second-order valence-corrected chi connectivity index (χ2v) is 7.11. The minimum absolute atomic E-state index is 0.312. The minimum Gasteiger partial charge on any atom is -0.367 e. The van der Waals surface area contributed by atoms with E-state index >= 15 is 0 Å². The van der Waals surface area contributed by atoms with Crippen LogP contribution in [0.4, 0.5) is 5.69 Å². The van der Waals surface area contributed by atoms with Gasteiger partial charge in [-0.05, 0) is 18.6 Å². The number of aromatic amines is 2. The van der Waals surface area contributed by atoms with Gasteiger partial charge in [0.2, 0.25) is 0 Å². The normalized spacial score (nSPS) is 14.4. The number of hydrogen-bond donors (Lipinski definition) is 2. The number of anilines is 1. The molecule has 1 aliphatic rings. The summed E-state index contributed by atoms with van der Waals surface area (Å²) >= 11 is 0. The Morgan fingerprint density at radius 1 is 1.14 bits per heavy atom. The molecule has 8 heteroatoms. The summed E-state index contributed by atoms with van der Waals surface area (Å²) in [5, 5.41) is 4.47. The van der Waals surface area contributed by atoms with Gasteiger partial charge in [-0.25, -0.2) is 14.3 Å². The Balaban J connectivity index is 1.51. The highest BCUT2D eigenvalue weighted by Crippen LogP contribution is 2.34. The summed E-state index contributed by atoms with van der Waals surface area (Å²) in [6.45, 7) is 3.83. The first-order valence-electron chi connectivity index (χ1n) is 9.07. The maximum absolute atomic E-state index is 12.2. The van der Waals surface area contributed by atoms with Crippen molar-refractivity contribution >= 4 is 11.3 Å². The quantitative estimate of drug-likeness (QED) is 0.568. The van der Waals surface area contributed by atoms with E-state index in [0.29, 0.717) is 17.2 Å². The molecule has 0 radical (unpaired) electrons. The van der Waals surface area contributed by atoms with E-state index in [1.165, 1.54) is 17.3 Å². The number of rotatable bonds is 3. The third kappa shape index (κ3) is 2.70. The van der Waals surface area contributed by atoms with Crippen LogP contribution in [-0.2, 0) is 0 Å². The van der Waals surface area contributed by atoms with E-state index in [1.54, 1.807) is 16.9 Å². The molecule has 3 aromatic heterocycles. The van der Waals surface area contributed by atoms with Gasteiger partial charge in [-0.2, -0.15) is 5.10 Å². The van der Waals surface area contributed by atoms with Crippen molar-refractivity contribution in [2.24, 2.45) is 0 Å². The second kappa shape index (κ2) is 6.19. The molecule has 140 valence electrons. The van der Waals surface area contributed by atoms with E-state index in [0.717, 1.165) is 24.4 Å². The van der Waals surface area contributed by atoms with Crippen LogP contribution >= 0.6 is 0 Å². The summed E-state index contributed by atoms with van der Waals surface area (Å²) in [4.78, 5) is 34.9. The van der Waals surface area contributed by atoms with Crippen LogP contribution in [0.2, 0.25) is 0 Å². The first-order chi connectivity index (χ1) is 13.6. The number of hydrogen-bond acceptors (Lipinski definition) is 5. The monoisotopic (exact) mass is 374 g/mol. The Bertz CT molecular complexity index is 1280. The topological polar surface area (TPSA) is 99.2 Å². The first kappa shape index (κ1) is 16.5. The number of fused-ring (bicyclic) bond motifs is 1. The Morgan fingerprint density at radius 3 is 2.68 bits per heavy atom. The molecule has 0 atom stereocenters. The fourth-order valence-electron chi connectivity index (χ4n) is 3.59. The van der Waals surface area contributed by atoms with Crippen LogP contribution in [0.1, 0.15) is 17.0 Å². The molecule has 0 spiro atoms. The highest BCUT2D eigenvalue weighted by atomic mass is 16.2. The van der Waals surface area contributed by atoms with Gasteiger partial charge in [-0.3, -0.25) is 9.78 Å². The molecular weight excluding hydrogens is 356 g/mol. The largest absolute Gasteiger partial charge is 0.367 e. The predicted octanol–water partition coefficient (Wildman–Crippen LogP) is 1.69. The zero-order valence-corrected chi connectivity index (χ0v) is 15.2. The summed E-state index contributed by atoms with van der Waals surface area (Å²) < 4.78 is 1.66. The van der Waals surface area contributed by atoms with Crippen LogP contribution < -0.4 is 16.1 Å². The lowest BCUT2D eigenvalue weighted by Gasteiger charge is -2.41. The molecule has 5 rings (SSSR count). The average Bonchev–Trinajstić information content (AvgIpc) is 3.10. The van der Waals surface area contributed by atoms with Gasteiger partial charge < -0.3 is 9.88 Å². The van der Waals surface area contributed by atoms with E-state index in [9.17, 15) is 9.59 Å². The predicted molar refractivity (Wildman–Crippen MR) is 106 cm³/mol. The molecule has 4 heterocycles. The molecular formula is C20H18N6O2. The summed E-state index contributed by atoms with van der Waals surface area (Å²) in [5.41, 5.74) is 4.03. The van der Waals surface area contributed by atoms with Crippen LogP contribution in [0.25, 0.3) is 16.9 Å². The van der Waals surface area contributed by atoms with Crippen LogP contribution in [0, 0.1) is 6.92 Å². The maximum atomic E-state index is 12.2. The molecule has 1 saturated heterocycles. The highest BCUT2D eigenvalue weighted by Gasteiger charge is 2.30. The van der Waals surface area contributed by atoms with Crippen molar-refractivity contribution in [3.05, 3.63) is 80.9 Å². The summed E-state index contributed by atoms with van der Waals surface area (Å²) in [7, 11) is 0. The van der Waals surface area contributed by atoms with Gasteiger partial charge in [0, 0.05) is 37.6 Å². The van der Waals surface area contributed by atoms with E-state index < -0.39 is 11.2 Å². The van der Waals surface area contributed by atoms with Gasteiger partial charge in [0.15, 0.2) is 5.65 Å². The molecule has 0 amide bonds. The van der Waals surface area contributed by atoms with Crippen molar-refractivity contribution in [3.8, 4) is 11.3 Å². The smallest absolute Gasteiger partial charge is 0.325 e. The lowest BCUT2D eigenvalue weighted by Crippen LogP contribution is -2.45. The molecule has 2 N–H and O–H groups in total. The fraction of sp³-hybridized carbons (Fsp3) is 0.200. The molecule has 0 aliphatic carbocycles. The van der Waals surface area contributed by atoms with E-state index in [-0.39, 0.29) is 0 Å². The van der Waals surface area contributed by atoms with Crippen molar-refractivity contribution in [3.63, 3.8) is 0 Å². The second-order valence-electron chi connectivity index (χ2n) is 7.11. The first-order valence-corrected chi connectivity index (χ1v) is 9.07. The van der Waals surface area contributed by atoms with Crippen molar-refractivity contribution in [1.82, 2.24) is 24.6 Å². The molecule has 8 nitrogen and oxygen atoms in total. The van der Waals surface area contributed by atoms with Crippen LogP contribution in [0.15, 0.2) is 58.5 Å². The minimum atomic E-state index is -0.540. The standard InChI is InChI=1S/C20H18N6O2/c1-12-2-4-13(5-3-12)14-10-25(11-14)17-8-16(24-26-7-6-21-18(17)26)15-9-22-20(28)23-19(15)27/h2-9,14H,10-11H2,1H3,(H2,22,23,27,28). The van der Waals surface area contributed by atoms with Crippen LogP contribution in [-0.4, -0.2) is 37.7 Å². The Kier molecular flexibility index (Phi) is 3.65. The van der Waals surface area contributed by atoms with E-state index in [1.807, 2.05) is 6.07 Å². The molecule has 4 aromatic rings. The molecule has 1 fully saturated rings. The zero-order valence-electron chi connectivity index (χ0n) is 15.2. The van der Waals surface area contributed by atoms with Crippen molar-refractivity contribution in [1.29, 1.82) is 0 Å². The lowest BCUT2D eigenvalue weighted by molar-refractivity contribution is 0.525. The molecule has 0 bridgehead atoms. The van der Waals surface area contributed by atoms with E-state index in [4.69, 9.17) is 0 Å². The van der Waals surface area contributed by atoms with Crippen LogP contribution in [0.3, 0.4) is 0 Å². The number of aromatic nitrogens is 5. The fourth-order valence-corrected chi connectivity index (χ4v) is 3.59. The number of aryl methyl sites for hydroxylation is 1. The maximum Gasteiger partial charge on any atom is 0.325 e. The Morgan fingerprint density at radius 2 is 1.93 bits per heavy atom. The summed E-state index contributed by atoms with van der Waals surface area (Å²) in [6.07, 6.45) is 4.82. The van der Waals surface area contributed by atoms with Gasteiger partial charge in [0.05, 0.1) is 11.3 Å². The molecule has 1 aliphatic heterocycles. The van der Waals surface area contributed by atoms with Gasteiger partial charge in [-0.1, -0.05) is 29.8 Å². The molecule has 1 aromatic carbocycles. The van der Waals surface area contributed by atoms with Crippen LogP contribution in [0.5, 0.6) is 0 Å². The van der Waals surface area contributed by atoms with Gasteiger partial charge in [0.25, 0.3) is 5.56 Å². The van der Waals surface area contributed by atoms with Crippen molar-refractivity contribution in [2.45, 2.75) is 12.8 Å². The Labute approximate surface area is 159 Å². The van der Waals surface area contributed by atoms with Crippen molar-refractivity contribution < 1.29 is 0 Å². The summed E-state index contributed by atoms with van der Waals surface area (Å²) in [5.74, 6) is 0.462. The third-order valence-corrected chi connectivity index (χ3v) is 5.21. The number of nitrogens with zero attached hydrogens (tertiary/aromatic N) is 4. The van der Waals surface area contributed by atoms with Gasteiger partial charge in [-0.15, -0.1) is 0 Å². The summed E-state index contributed by atoms with van der Waals surface area (Å²) in [6, 6.07) is 10.5. The zero-order chi connectivity index (χ0) is 19.3. The average molecular weight is 374 g/mol. The molecule has 28 heavy (non-hydrogen) atoms. The highest BCUT2D eigenvalue weighted by molar-refractivity contribution is 5.75. The Hall–Kier alpha value is -3.68. The van der Waals surface area contributed by atoms with Gasteiger partial charge in [0.1, 0.15) is 5.69 Å². The molecule has 0 saturated carbocycles. The lowest BCUT2D eigenvalue weighted by atomic mass is 9.90. The number of nitrogens with one attached hydrogen (secondary N) is 2. The SMILES string of the molecule is Cc1ccc(C2CN(c3cc(-c4c[nH]c(=O)[nH]c4=O)nn4ccnc34)C2)cc1. The number of benzene rings is 1. The van der Waals surface area contributed by atoms with E-state index in [2.05, 4.69) is 56.1 Å².